The van der Waals surface area contributed by atoms with Gasteiger partial charge in [-0.15, -0.1) is 0 Å². The second kappa shape index (κ2) is 6.58. The standard InChI is InChI=1S/C12H20N2O4S/c1-9-8-18-10(7-15)6-14(9)11(16)2-3-13-4-5-19-12(13)17/h9-10,15H,2-8H2,1H3. The maximum atomic E-state index is 12.2. The van der Waals surface area contributed by atoms with Gasteiger partial charge in [0.2, 0.25) is 5.91 Å². The van der Waals surface area contributed by atoms with Crippen molar-refractivity contribution in [2.45, 2.75) is 25.5 Å². The van der Waals surface area contributed by atoms with Crippen LogP contribution in [0.15, 0.2) is 0 Å². The second-order valence-corrected chi connectivity index (χ2v) is 5.93. The van der Waals surface area contributed by atoms with Crippen molar-refractivity contribution < 1.29 is 19.4 Å². The number of hydrogen-bond donors (Lipinski definition) is 1. The number of ether oxygens (including phenoxy) is 1. The van der Waals surface area contributed by atoms with E-state index in [4.69, 9.17) is 9.84 Å². The first kappa shape index (κ1) is 14.6. The van der Waals surface area contributed by atoms with Crippen LogP contribution in [0.5, 0.6) is 0 Å². The molecule has 2 unspecified atom stereocenters. The Hall–Kier alpha value is -0.790. The Morgan fingerprint density at radius 1 is 1.58 bits per heavy atom. The number of carbonyl (C=O) groups excluding carboxylic acids is 2. The Morgan fingerprint density at radius 3 is 3.00 bits per heavy atom. The van der Waals surface area contributed by atoms with E-state index in [0.29, 0.717) is 26.1 Å². The van der Waals surface area contributed by atoms with Crippen molar-refractivity contribution in [2.24, 2.45) is 0 Å². The van der Waals surface area contributed by atoms with E-state index in [-0.39, 0.29) is 29.9 Å². The highest BCUT2D eigenvalue weighted by atomic mass is 32.2. The summed E-state index contributed by atoms with van der Waals surface area (Å²) in [6, 6.07) is 0.0268. The van der Waals surface area contributed by atoms with Gasteiger partial charge in [0.25, 0.3) is 5.24 Å². The monoisotopic (exact) mass is 288 g/mol. The molecule has 0 aromatic rings. The predicted octanol–water partition coefficient (Wildman–Crippen LogP) is 0.154. The summed E-state index contributed by atoms with van der Waals surface area (Å²) in [5.41, 5.74) is 0. The van der Waals surface area contributed by atoms with E-state index >= 15 is 0 Å². The molecule has 0 aromatic carbocycles. The van der Waals surface area contributed by atoms with Gasteiger partial charge in [0.05, 0.1) is 25.4 Å². The van der Waals surface area contributed by atoms with Crippen molar-refractivity contribution in [3.63, 3.8) is 0 Å². The maximum absolute atomic E-state index is 12.2. The average molecular weight is 288 g/mol. The second-order valence-electron chi connectivity index (χ2n) is 4.88. The van der Waals surface area contributed by atoms with Gasteiger partial charge in [0.1, 0.15) is 0 Å². The molecule has 1 N–H and O–H groups in total. The summed E-state index contributed by atoms with van der Waals surface area (Å²) >= 11 is 1.31. The lowest BCUT2D eigenvalue weighted by Gasteiger charge is -2.37. The van der Waals surface area contributed by atoms with E-state index in [2.05, 4.69) is 0 Å². The molecule has 0 saturated carbocycles. The normalized spacial score (nSPS) is 28.0. The molecule has 0 aliphatic carbocycles. The van der Waals surface area contributed by atoms with Gasteiger partial charge in [0.15, 0.2) is 0 Å². The molecule has 108 valence electrons. The number of amides is 2. The highest BCUT2D eigenvalue weighted by Crippen LogP contribution is 2.18. The van der Waals surface area contributed by atoms with E-state index in [1.165, 1.54) is 11.8 Å². The Balaban J connectivity index is 1.82. The zero-order valence-corrected chi connectivity index (χ0v) is 11.9. The number of aliphatic hydroxyl groups excluding tert-OH is 1. The molecular formula is C12H20N2O4S. The first-order chi connectivity index (χ1) is 9.11. The van der Waals surface area contributed by atoms with Gasteiger partial charge in [-0.1, -0.05) is 11.8 Å². The molecule has 6 nitrogen and oxygen atoms in total. The summed E-state index contributed by atoms with van der Waals surface area (Å²) in [5, 5.41) is 9.16. The fourth-order valence-electron chi connectivity index (χ4n) is 2.28. The van der Waals surface area contributed by atoms with E-state index in [0.717, 1.165) is 12.3 Å². The largest absolute Gasteiger partial charge is 0.394 e. The van der Waals surface area contributed by atoms with Crippen LogP contribution in [-0.2, 0) is 9.53 Å². The first-order valence-corrected chi connectivity index (χ1v) is 7.54. The summed E-state index contributed by atoms with van der Waals surface area (Å²) in [5.74, 6) is 0.840. The lowest BCUT2D eigenvalue weighted by molar-refractivity contribution is -0.146. The number of rotatable bonds is 4. The molecular weight excluding hydrogens is 268 g/mol. The van der Waals surface area contributed by atoms with Gasteiger partial charge in [-0.05, 0) is 6.92 Å². The molecule has 0 aromatic heterocycles. The van der Waals surface area contributed by atoms with Crippen LogP contribution in [0.25, 0.3) is 0 Å². The van der Waals surface area contributed by atoms with Crippen LogP contribution in [0.1, 0.15) is 13.3 Å². The SMILES string of the molecule is CC1COC(CO)CN1C(=O)CCN1CCSC1=O. The van der Waals surface area contributed by atoms with Gasteiger partial charge in [-0.25, -0.2) is 0 Å². The topological polar surface area (TPSA) is 70.1 Å². The smallest absolute Gasteiger partial charge is 0.281 e. The predicted molar refractivity (Wildman–Crippen MR) is 72.0 cm³/mol. The quantitative estimate of drug-likeness (QED) is 0.797. The van der Waals surface area contributed by atoms with Gasteiger partial charge in [-0.2, -0.15) is 0 Å². The zero-order valence-electron chi connectivity index (χ0n) is 11.1. The molecule has 7 heteroatoms. The van der Waals surface area contributed by atoms with Crippen molar-refractivity contribution in [1.82, 2.24) is 9.80 Å². The lowest BCUT2D eigenvalue weighted by atomic mass is 10.2. The van der Waals surface area contributed by atoms with Crippen LogP contribution in [0.4, 0.5) is 4.79 Å². The molecule has 19 heavy (non-hydrogen) atoms. The summed E-state index contributed by atoms with van der Waals surface area (Å²) < 4.78 is 5.40. The fraction of sp³-hybridized carbons (Fsp3) is 0.833. The van der Waals surface area contributed by atoms with Crippen LogP contribution in [0.2, 0.25) is 0 Å². The van der Waals surface area contributed by atoms with Crippen molar-refractivity contribution in [2.75, 3.05) is 38.6 Å². The van der Waals surface area contributed by atoms with Gasteiger partial charge in [0, 0.05) is 31.8 Å². The molecule has 0 bridgehead atoms. The molecule has 2 saturated heterocycles. The van der Waals surface area contributed by atoms with Crippen molar-refractivity contribution >= 4 is 22.9 Å². The minimum atomic E-state index is -0.288. The summed E-state index contributed by atoms with van der Waals surface area (Å²) in [4.78, 5) is 27.1. The van der Waals surface area contributed by atoms with Gasteiger partial charge >= 0.3 is 0 Å². The molecule has 2 fully saturated rings. The Labute approximate surface area is 117 Å². The molecule has 2 atom stereocenters. The van der Waals surface area contributed by atoms with Crippen LogP contribution in [0, 0.1) is 0 Å². The Bertz CT molecular complexity index is 353. The maximum Gasteiger partial charge on any atom is 0.281 e. The van der Waals surface area contributed by atoms with Crippen molar-refractivity contribution in [3.05, 3.63) is 0 Å². The minimum absolute atomic E-state index is 0.0268. The Kier molecular flexibility index (Phi) is 5.06. The molecule has 0 spiro atoms. The summed E-state index contributed by atoms with van der Waals surface area (Å²) in [7, 11) is 0. The molecule has 0 radical (unpaired) electrons. The van der Waals surface area contributed by atoms with Gasteiger partial charge in [-0.3, -0.25) is 9.59 Å². The van der Waals surface area contributed by atoms with Gasteiger partial charge < -0.3 is 19.6 Å². The van der Waals surface area contributed by atoms with E-state index < -0.39 is 0 Å². The third kappa shape index (κ3) is 3.61. The number of carbonyl (C=O) groups is 2. The highest BCUT2D eigenvalue weighted by Gasteiger charge is 2.30. The number of aliphatic hydroxyl groups is 1. The first-order valence-electron chi connectivity index (χ1n) is 6.55. The van der Waals surface area contributed by atoms with Crippen LogP contribution < -0.4 is 0 Å². The van der Waals surface area contributed by atoms with E-state index in [9.17, 15) is 9.59 Å². The molecule has 2 aliphatic rings. The van der Waals surface area contributed by atoms with Crippen molar-refractivity contribution in [3.8, 4) is 0 Å². The molecule has 2 rings (SSSR count). The summed E-state index contributed by atoms with van der Waals surface area (Å²) in [6.45, 7) is 3.96. The molecule has 2 aliphatic heterocycles. The van der Waals surface area contributed by atoms with Crippen LogP contribution in [0.3, 0.4) is 0 Å². The summed E-state index contributed by atoms with van der Waals surface area (Å²) in [6.07, 6.45) is 0.0542. The fourth-order valence-corrected chi connectivity index (χ4v) is 3.13. The minimum Gasteiger partial charge on any atom is -0.394 e. The third-order valence-corrected chi connectivity index (χ3v) is 4.36. The number of hydrogen-bond acceptors (Lipinski definition) is 5. The zero-order chi connectivity index (χ0) is 13.8. The number of morpholine rings is 1. The van der Waals surface area contributed by atoms with Crippen molar-refractivity contribution in [1.29, 1.82) is 0 Å². The molecule has 2 heterocycles. The van der Waals surface area contributed by atoms with Crippen LogP contribution >= 0.6 is 11.8 Å². The molecule has 2 amide bonds. The number of nitrogens with zero attached hydrogens (tertiary/aromatic N) is 2. The Morgan fingerprint density at radius 2 is 2.37 bits per heavy atom. The van der Waals surface area contributed by atoms with E-state index in [1.54, 1.807) is 9.80 Å². The van der Waals surface area contributed by atoms with Crippen LogP contribution in [-0.4, -0.2) is 76.8 Å². The highest BCUT2D eigenvalue weighted by molar-refractivity contribution is 8.13. The average Bonchev–Trinajstić information content (AvgIpc) is 2.82. The number of thioether (sulfide) groups is 1. The lowest BCUT2D eigenvalue weighted by Crippen LogP contribution is -2.52. The van der Waals surface area contributed by atoms with E-state index in [1.807, 2.05) is 6.92 Å². The third-order valence-electron chi connectivity index (χ3n) is 3.47.